The van der Waals surface area contributed by atoms with E-state index in [1.54, 1.807) is 18.3 Å². The van der Waals surface area contributed by atoms with Gasteiger partial charge in [-0.2, -0.15) is 5.10 Å². The smallest absolute Gasteiger partial charge is 0.161 e. The van der Waals surface area contributed by atoms with Crippen LogP contribution in [-0.2, 0) is 0 Å². The molecule has 5 heterocycles. The molecular weight excluding hydrogens is 502 g/mol. The molecule has 0 bridgehead atoms. The summed E-state index contributed by atoms with van der Waals surface area (Å²) in [6.45, 7) is 1.45. The zero-order valence-corrected chi connectivity index (χ0v) is 21.1. The van der Waals surface area contributed by atoms with Gasteiger partial charge in [-0.05, 0) is 44.4 Å². The maximum Gasteiger partial charge on any atom is 0.161 e. The highest BCUT2D eigenvalue weighted by Crippen LogP contribution is 2.34. The van der Waals surface area contributed by atoms with Crippen LogP contribution in [0.15, 0.2) is 55.1 Å². The molecule has 0 fully saturated rings. The quantitative estimate of drug-likeness (QED) is 0.239. The van der Waals surface area contributed by atoms with Crippen LogP contribution in [0.2, 0.25) is 0 Å². The number of fused-ring (bicyclic) bond motifs is 2. The molecule has 0 aliphatic rings. The van der Waals surface area contributed by atoms with Crippen molar-refractivity contribution in [2.45, 2.75) is 0 Å². The maximum atomic E-state index is 15.8. The second-order valence-corrected chi connectivity index (χ2v) is 9.39. The number of aromatic amines is 2. The zero-order valence-electron chi connectivity index (χ0n) is 21.1. The van der Waals surface area contributed by atoms with Gasteiger partial charge in [0.2, 0.25) is 0 Å². The molecule has 5 N–H and O–H groups in total. The number of hydrogen-bond acceptors (Lipinski definition) is 8. The highest BCUT2D eigenvalue weighted by atomic mass is 19.1. The van der Waals surface area contributed by atoms with Crippen LogP contribution in [0, 0.1) is 11.6 Å². The third-order valence-electron chi connectivity index (χ3n) is 6.27. The number of pyridine rings is 3. The lowest BCUT2D eigenvalue weighted by molar-refractivity contribution is 0.425. The number of halogens is 2. The number of hydrogen-bond donors (Lipinski definition) is 4. The minimum atomic E-state index is -0.582. The predicted molar refractivity (Wildman–Crippen MR) is 147 cm³/mol. The topological polar surface area (TPSA) is 137 Å². The Morgan fingerprint density at radius 3 is 2.69 bits per heavy atom. The first-order chi connectivity index (χ1) is 18.9. The minimum Gasteiger partial charge on any atom is -0.397 e. The van der Waals surface area contributed by atoms with Crippen molar-refractivity contribution in [3.8, 4) is 34.0 Å². The largest absolute Gasteiger partial charge is 0.397 e. The SMILES string of the molecule is CN(C)CCNc1cc(F)cc(-c2nccc3[nH]c(-c4[nH]nc5cnc(-c6cncc(N)c6)c(F)c45)nc23)c1. The Labute approximate surface area is 221 Å². The number of nitrogens with zero attached hydrogens (tertiary/aromatic N) is 6. The molecule has 10 nitrogen and oxygen atoms in total. The van der Waals surface area contributed by atoms with E-state index in [9.17, 15) is 4.39 Å². The Kier molecular flexibility index (Phi) is 6.08. The van der Waals surface area contributed by atoms with Crippen LogP contribution in [0.25, 0.3) is 56.0 Å². The number of likely N-dealkylation sites (N-methyl/N-ethyl adjacent to an activating group) is 1. The number of nitrogens with two attached hydrogens (primary N) is 1. The van der Waals surface area contributed by atoms with Crippen molar-refractivity contribution in [3.05, 3.63) is 66.8 Å². The van der Waals surface area contributed by atoms with Gasteiger partial charge in [-0.25, -0.2) is 13.8 Å². The van der Waals surface area contributed by atoms with Gasteiger partial charge in [-0.1, -0.05) is 0 Å². The molecule has 0 amide bonds. The molecular formula is C27H24F2N10. The fraction of sp³-hybridized carbons (Fsp3) is 0.148. The van der Waals surface area contributed by atoms with Crippen molar-refractivity contribution in [1.29, 1.82) is 0 Å². The summed E-state index contributed by atoms with van der Waals surface area (Å²) in [6.07, 6.45) is 6.06. The third-order valence-corrected chi connectivity index (χ3v) is 6.27. The molecule has 12 heteroatoms. The summed E-state index contributed by atoms with van der Waals surface area (Å²) in [4.78, 5) is 22.7. The highest BCUT2D eigenvalue weighted by Gasteiger charge is 2.21. The fourth-order valence-corrected chi connectivity index (χ4v) is 4.45. The molecule has 6 aromatic rings. The summed E-state index contributed by atoms with van der Waals surface area (Å²) in [5, 5.41) is 10.5. The first-order valence-electron chi connectivity index (χ1n) is 12.2. The van der Waals surface area contributed by atoms with Gasteiger partial charge >= 0.3 is 0 Å². The van der Waals surface area contributed by atoms with Crippen LogP contribution < -0.4 is 11.1 Å². The first-order valence-corrected chi connectivity index (χ1v) is 12.2. The lowest BCUT2D eigenvalue weighted by atomic mass is 10.1. The molecule has 0 unspecified atom stereocenters. The van der Waals surface area contributed by atoms with Gasteiger partial charge in [0.25, 0.3) is 0 Å². The van der Waals surface area contributed by atoms with E-state index in [4.69, 9.17) is 10.7 Å². The number of H-pyrrole nitrogens is 2. The molecule has 0 aliphatic heterocycles. The van der Waals surface area contributed by atoms with E-state index in [2.05, 4.69) is 35.5 Å². The second-order valence-electron chi connectivity index (χ2n) is 9.39. The van der Waals surface area contributed by atoms with Crippen molar-refractivity contribution in [3.63, 3.8) is 0 Å². The maximum absolute atomic E-state index is 15.8. The van der Waals surface area contributed by atoms with Gasteiger partial charge < -0.3 is 20.9 Å². The molecule has 1 aromatic carbocycles. The van der Waals surface area contributed by atoms with Gasteiger partial charge in [0.05, 0.1) is 28.5 Å². The van der Waals surface area contributed by atoms with Crippen molar-refractivity contribution in [1.82, 2.24) is 40.0 Å². The number of aromatic nitrogens is 7. The Hall–Kier alpha value is -4.97. The van der Waals surface area contributed by atoms with Gasteiger partial charge in [-0.3, -0.25) is 20.1 Å². The van der Waals surface area contributed by atoms with E-state index in [1.165, 1.54) is 30.7 Å². The first kappa shape index (κ1) is 24.4. The van der Waals surface area contributed by atoms with Crippen LogP contribution in [0.3, 0.4) is 0 Å². The number of imidazole rings is 1. The summed E-state index contributed by atoms with van der Waals surface area (Å²) in [6, 6.07) is 8.04. The van der Waals surface area contributed by atoms with E-state index >= 15 is 4.39 Å². The van der Waals surface area contributed by atoms with E-state index in [0.717, 1.165) is 6.54 Å². The Morgan fingerprint density at radius 1 is 1.00 bits per heavy atom. The van der Waals surface area contributed by atoms with Crippen LogP contribution in [-0.4, -0.2) is 67.2 Å². The summed E-state index contributed by atoms with van der Waals surface area (Å²) in [5.41, 5.74) is 10.3. The Morgan fingerprint density at radius 2 is 1.87 bits per heavy atom. The molecule has 0 saturated carbocycles. The lowest BCUT2D eigenvalue weighted by Gasteiger charge is -2.12. The van der Waals surface area contributed by atoms with Crippen molar-refractivity contribution in [2.75, 3.05) is 38.2 Å². The number of nitrogen functional groups attached to an aromatic ring is 1. The molecule has 39 heavy (non-hydrogen) atoms. The van der Waals surface area contributed by atoms with Crippen LogP contribution in [0.4, 0.5) is 20.2 Å². The fourth-order valence-electron chi connectivity index (χ4n) is 4.45. The molecule has 196 valence electrons. The molecule has 0 aliphatic carbocycles. The number of benzene rings is 1. The predicted octanol–water partition coefficient (Wildman–Crippen LogP) is 4.46. The highest BCUT2D eigenvalue weighted by molar-refractivity contribution is 5.97. The van der Waals surface area contributed by atoms with E-state index in [0.29, 0.717) is 62.8 Å². The minimum absolute atomic E-state index is 0.0949. The van der Waals surface area contributed by atoms with Crippen molar-refractivity contribution < 1.29 is 8.78 Å². The second kappa shape index (κ2) is 9.72. The van der Waals surface area contributed by atoms with E-state index in [-0.39, 0.29) is 11.1 Å². The zero-order chi connectivity index (χ0) is 27.1. The monoisotopic (exact) mass is 526 g/mol. The molecule has 5 aromatic heterocycles. The van der Waals surface area contributed by atoms with Gasteiger partial charge in [0.15, 0.2) is 11.6 Å². The number of anilines is 2. The average molecular weight is 527 g/mol. The molecule has 0 atom stereocenters. The molecule has 0 spiro atoms. The Bertz CT molecular complexity index is 1830. The summed E-state index contributed by atoms with van der Waals surface area (Å²) in [5.74, 6) is -0.627. The Balaban J connectivity index is 1.43. The summed E-state index contributed by atoms with van der Waals surface area (Å²) >= 11 is 0. The van der Waals surface area contributed by atoms with Crippen molar-refractivity contribution >= 4 is 33.3 Å². The van der Waals surface area contributed by atoms with E-state index < -0.39 is 11.6 Å². The normalized spacial score (nSPS) is 11.6. The van der Waals surface area contributed by atoms with Crippen molar-refractivity contribution in [2.24, 2.45) is 0 Å². The standard InChI is InChI=1S/C27H24F2N10/c1-39(2)6-5-32-18-9-14(7-16(28)10-18)24-25-19(3-4-33-24)35-27(36-25)26-21-20(37-38-26)13-34-23(22(21)29)15-8-17(30)12-31-11-15/h3-4,7-13,32H,5-6,30H2,1-2H3,(H,35,36)(H,37,38). The van der Waals surface area contributed by atoms with Crippen LogP contribution >= 0.6 is 0 Å². The summed E-state index contributed by atoms with van der Waals surface area (Å²) in [7, 11) is 3.94. The van der Waals surface area contributed by atoms with Crippen LogP contribution in [0.5, 0.6) is 0 Å². The summed E-state index contributed by atoms with van der Waals surface area (Å²) < 4.78 is 30.4. The van der Waals surface area contributed by atoms with Crippen LogP contribution in [0.1, 0.15) is 0 Å². The molecule has 0 saturated heterocycles. The van der Waals surface area contributed by atoms with Gasteiger partial charge in [0.1, 0.15) is 28.2 Å². The number of nitrogens with one attached hydrogen (secondary N) is 3. The number of rotatable bonds is 7. The molecule has 6 rings (SSSR count). The average Bonchev–Trinajstić information content (AvgIpc) is 3.53. The molecule has 0 radical (unpaired) electrons. The third kappa shape index (κ3) is 4.61. The van der Waals surface area contributed by atoms with Gasteiger partial charge in [-0.15, -0.1) is 0 Å². The van der Waals surface area contributed by atoms with E-state index in [1.807, 2.05) is 25.1 Å². The van der Waals surface area contributed by atoms with Gasteiger partial charge in [0, 0.05) is 48.5 Å². The lowest BCUT2D eigenvalue weighted by Crippen LogP contribution is -2.20.